The molecule has 0 saturated carbocycles. The number of aromatic amines is 1. The number of hydrogen-bond donors (Lipinski definition) is 1. The van der Waals surface area contributed by atoms with Crippen molar-refractivity contribution in [3.63, 3.8) is 0 Å². The molecule has 0 atom stereocenters. The Balaban J connectivity index is 2.24. The van der Waals surface area contributed by atoms with Gasteiger partial charge in [-0.3, -0.25) is 9.89 Å². The number of carbonyl (C=O) groups is 1. The molecule has 0 aliphatic heterocycles. The minimum atomic E-state index is -0.0988. The third-order valence-electron chi connectivity index (χ3n) is 2.62. The topological polar surface area (TPSA) is 62.1 Å². The minimum Gasteiger partial charge on any atom is -0.460 e. The summed E-state index contributed by atoms with van der Waals surface area (Å²) < 4.78 is 5.45. The van der Waals surface area contributed by atoms with E-state index in [4.69, 9.17) is 4.42 Å². The number of H-pyrrole nitrogens is 1. The molecule has 2 rings (SSSR count). The molecule has 0 radical (unpaired) electrons. The first-order chi connectivity index (χ1) is 8.11. The molecule has 0 aliphatic carbocycles. The van der Waals surface area contributed by atoms with E-state index in [1.807, 2.05) is 26.0 Å². The first kappa shape index (κ1) is 11.4. The van der Waals surface area contributed by atoms with E-state index in [2.05, 4.69) is 10.2 Å². The molecule has 0 bridgehead atoms. The van der Waals surface area contributed by atoms with Gasteiger partial charge in [0.15, 0.2) is 11.5 Å². The Bertz CT molecular complexity index is 527. The van der Waals surface area contributed by atoms with Gasteiger partial charge < -0.3 is 9.32 Å². The number of rotatable bonds is 3. The third kappa shape index (κ3) is 2.22. The van der Waals surface area contributed by atoms with Gasteiger partial charge in [-0.05, 0) is 26.0 Å². The molecule has 0 fully saturated rings. The summed E-state index contributed by atoms with van der Waals surface area (Å²) in [5.41, 5.74) is 1.12. The molecule has 1 amide bonds. The van der Waals surface area contributed by atoms with E-state index in [1.54, 1.807) is 18.0 Å². The van der Waals surface area contributed by atoms with Gasteiger partial charge in [0.05, 0.1) is 0 Å². The Morgan fingerprint density at radius 2 is 2.29 bits per heavy atom. The van der Waals surface area contributed by atoms with Crippen LogP contribution in [0.1, 0.15) is 23.2 Å². The van der Waals surface area contributed by atoms with E-state index in [0.717, 1.165) is 5.76 Å². The first-order valence-corrected chi connectivity index (χ1v) is 5.49. The number of amides is 1. The van der Waals surface area contributed by atoms with Crippen molar-refractivity contribution in [3.8, 4) is 11.5 Å². The predicted octanol–water partition coefficient (Wildman–Crippen LogP) is 2.07. The Kier molecular flexibility index (Phi) is 2.99. The van der Waals surface area contributed by atoms with E-state index in [0.29, 0.717) is 23.7 Å². The molecule has 2 aromatic rings. The number of hydrogen-bond acceptors (Lipinski definition) is 3. The van der Waals surface area contributed by atoms with Gasteiger partial charge in [0, 0.05) is 19.7 Å². The Labute approximate surface area is 99.4 Å². The molecule has 0 aromatic carbocycles. The van der Waals surface area contributed by atoms with Crippen molar-refractivity contribution in [2.75, 3.05) is 13.6 Å². The largest absolute Gasteiger partial charge is 0.460 e. The third-order valence-corrected chi connectivity index (χ3v) is 2.62. The van der Waals surface area contributed by atoms with E-state index < -0.39 is 0 Å². The zero-order valence-electron chi connectivity index (χ0n) is 10.2. The lowest BCUT2D eigenvalue weighted by Crippen LogP contribution is -2.26. The second-order valence-corrected chi connectivity index (χ2v) is 3.90. The number of aromatic nitrogens is 2. The maximum atomic E-state index is 11.8. The molecular weight excluding hydrogens is 218 g/mol. The van der Waals surface area contributed by atoms with Crippen LogP contribution in [0.15, 0.2) is 22.6 Å². The van der Waals surface area contributed by atoms with Crippen molar-refractivity contribution in [2.24, 2.45) is 0 Å². The molecule has 5 nitrogen and oxygen atoms in total. The van der Waals surface area contributed by atoms with Gasteiger partial charge in [-0.1, -0.05) is 0 Å². The molecular formula is C12H15N3O2. The summed E-state index contributed by atoms with van der Waals surface area (Å²) in [5.74, 6) is 1.42. The summed E-state index contributed by atoms with van der Waals surface area (Å²) in [6, 6.07) is 5.42. The second-order valence-electron chi connectivity index (χ2n) is 3.90. The SMILES string of the molecule is CCN(C)C(=O)c1cc(-c2ccc(C)o2)[nH]n1. The number of carbonyl (C=O) groups excluding carboxylic acids is 1. The quantitative estimate of drug-likeness (QED) is 0.882. The van der Waals surface area contributed by atoms with Crippen molar-refractivity contribution in [3.05, 3.63) is 29.7 Å². The van der Waals surface area contributed by atoms with Gasteiger partial charge in [0.2, 0.25) is 0 Å². The maximum Gasteiger partial charge on any atom is 0.274 e. The van der Waals surface area contributed by atoms with Gasteiger partial charge in [0.25, 0.3) is 5.91 Å². The molecule has 17 heavy (non-hydrogen) atoms. The Morgan fingerprint density at radius 1 is 1.53 bits per heavy atom. The van der Waals surface area contributed by atoms with Crippen LogP contribution < -0.4 is 0 Å². The van der Waals surface area contributed by atoms with Gasteiger partial charge in [-0.25, -0.2) is 0 Å². The molecule has 2 heterocycles. The van der Waals surface area contributed by atoms with Gasteiger partial charge in [-0.15, -0.1) is 0 Å². The molecule has 0 saturated heterocycles. The lowest BCUT2D eigenvalue weighted by molar-refractivity contribution is 0.0796. The van der Waals surface area contributed by atoms with Crippen LogP contribution in [0.4, 0.5) is 0 Å². The van der Waals surface area contributed by atoms with Crippen LogP contribution in [0.3, 0.4) is 0 Å². The van der Waals surface area contributed by atoms with Crippen LogP contribution in [0.2, 0.25) is 0 Å². The summed E-state index contributed by atoms with van der Waals surface area (Å²) in [5, 5.41) is 6.80. The predicted molar refractivity (Wildman–Crippen MR) is 63.7 cm³/mol. The van der Waals surface area contributed by atoms with E-state index >= 15 is 0 Å². The molecule has 5 heteroatoms. The molecule has 1 N–H and O–H groups in total. The Morgan fingerprint density at radius 3 is 2.88 bits per heavy atom. The van der Waals surface area contributed by atoms with E-state index in [-0.39, 0.29) is 5.91 Å². The van der Waals surface area contributed by atoms with Crippen molar-refractivity contribution in [1.29, 1.82) is 0 Å². The second kappa shape index (κ2) is 4.45. The molecule has 2 aromatic heterocycles. The van der Waals surface area contributed by atoms with Gasteiger partial charge in [0.1, 0.15) is 11.5 Å². The normalized spacial score (nSPS) is 10.5. The summed E-state index contributed by atoms with van der Waals surface area (Å²) >= 11 is 0. The van der Waals surface area contributed by atoms with Crippen LogP contribution in [0.5, 0.6) is 0 Å². The average Bonchev–Trinajstić information content (AvgIpc) is 2.95. The Hall–Kier alpha value is -2.04. The molecule has 0 unspecified atom stereocenters. The summed E-state index contributed by atoms with van der Waals surface area (Å²) in [7, 11) is 1.74. The highest BCUT2D eigenvalue weighted by molar-refractivity contribution is 5.93. The fraction of sp³-hybridized carbons (Fsp3) is 0.333. The summed E-state index contributed by atoms with van der Waals surface area (Å²) in [6.07, 6.45) is 0. The fourth-order valence-corrected chi connectivity index (χ4v) is 1.48. The highest BCUT2D eigenvalue weighted by Gasteiger charge is 2.15. The lowest BCUT2D eigenvalue weighted by atomic mass is 10.3. The van der Waals surface area contributed by atoms with Crippen LogP contribution in [-0.2, 0) is 0 Å². The van der Waals surface area contributed by atoms with Crippen LogP contribution in [-0.4, -0.2) is 34.6 Å². The average molecular weight is 233 g/mol. The van der Waals surface area contributed by atoms with E-state index in [9.17, 15) is 4.79 Å². The smallest absolute Gasteiger partial charge is 0.274 e. The zero-order chi connectivity index (χ0) is 12.4. The number of nitrogens with one attached hydrogen (secondary N) is 1. The monoisotopic (exact) mass is 233 g/mol. The minimum absolute atomic E-state index is 0.0988. The van der Waals surface area contributed by atoms with Gasteiger partial charge in [-0.2, -0.15) is 5.10 Å². The highest BCUT2D eigenvalue weighted by Crippen LogP contribution is 2.20. The zero-order valence-corrected chi connectivity index (χ0v) is 10.2. The van der Waals surface area contributed by atoms with Crippen molar-refractivity contribution >= 4 is 5.91 Å². The van der Waals surface area contributed by atoms with Crippen LogP contribution in [0, 0.1) is 6.92 Å². The molecule has 90 valence electrons. The van der Waals surface area contributed by atoms with Crippen molar-refractivity contribution in [1.82, 2.24) is 15.1 Å². The van der Waals surface area contributed by atoms with E-state index in [1.165, 1.54) is 0 Å². The summed E-state index contributed by atoms with van der Waals surface area (Å²) in [6.45, 7) is 4.44. The van der Waals surface area contributed by atoms with Gasteiger partial charge >= 0.3 is 0 Å². The fourth-order valence-electron chi connectivity index (χ4n) is 1.48. The number of nitrogens with zero attached hydrogens (tertiary/aromatic N) is 2. The van der Waals surface area contributed by atoms with Crippen molar-refractivity contribution < 1.29 is 9.21 Å². The molecule has 0 aliphatic rings. The standard InChI is InChI=1S/C12H15N3O2/c1-4-15(3)12(16)10-7-9(13-14-10)11-6-5-8(2)17-11/h5-7H,4H2,1-3H3,(H,13,14). The first-order valence-electron chi connectivity index (χ1n) is 5.49. The maximum absolute atomic E-state index is 11.8. The van der Waals surface area contributed by atoms with Crippen LogP contribution in [0.25, 0.3) is 11.5 Å². The lowest BCUT2D eigenvalue weighted by Gasteiger charge is -2.11. The number of aryl methyl sites for hydroxylation is 1. The number of furan rings is 1. The van der Waals surface area contributed by atoms with Crippen LogP contribution >= 0.6 is 0 Å². The molecule has 0 spiro atoms. The summed E-state index contributed by atoms with van der Waals surface area (Å²) in [4.78, 5) is 13.4. The highest BCUT2D eigenvalue weighted by atomic mass is 16.3. The van der Waals surface area contributed by atoms with Crippen molar-refractivity contribution in [2.45, 2.75) is 13.8 Å².